The number of benzene rings is 2. The number of carbonyl (C=O) groups is 2. The van der Waals surface area contributed by atoms with Gasteiger partial charge in [0.2, 0.25) is 18.6 Å². The molecule has 2 heterocycles. The Labute approximate surface area is 151 Å². The Hall–Kier alpha value is -3.02. The van der Waals surface area contributed by atoms with Crippen molar-refractivity contribution >= 4 is 17.5 Å². The summed E-state index contributed by atoms with van der Waals surface area (Å²) in [6.07, 6.45) is 0.230. The van der Waals surface area contributed by atoms with Gasteiger partial charge in [0.25, 0.3) is 0 Å². The van der Waals surface area contributed by atoms with Gasteiger partial charge in [-0.25, -0.2) is 0 Å². The summed E-state index contributed by atoms with van der Waals surface area (Å²) >= 11 is 0. The number of carbonyl (C=O) groups excluding carboxylic acids is 2. The maximum atomic E-state index is 12.6. The number of rotatable bonds is 4. The molecule has 4 rings (SSSR count). The number of nitrogens with zero attached hydrogens (tertiary/aromatic N) is 1. The summed E-state index contributed by atoms with van der Waals surface area (Å²) in [6.45, 7) is 2.60. The summed E-state index contributed by atoms with van der Waals surface area (Å²) < 4.78 is 10.6. The lowest BCUT2D eigenvalue weighted by atomic mass is 10.1. The number of likely N-dealkylation sites (tertiary alicyclic amines) is 1. The van der Waals surface area contributed by atoms with Crippen LogP contribution >= 0.6 is 0 Å². The third-order valence-electron chi connectivity index (χ3n) is 4.92. The monoisotopic (exact) mass is 352 g/mol. The number of fused-ring (bicyclic) bond motifs is 1. The van der Waals surface area contributed by atoms with Gasteiger partial charge in [0.05, 0.1) is 12.0 Å². The van der Waals surface area contributed by atoms with Gasteiger partial charge < -0.3 is 19.7 Å². The minimum absolute atomic E-state index is 0.00666. The van der Waals surface area contributed by atoms with Crippen LogP contribution in [-0.4, -0.2) is 30.1 Å². The van der Waals surface area contributed by atoms with Crippen LogP contribution < -0.4 is 14.8 Å². The maximum Gasteiger partial charge on any atom is 0.231 e. The molecule has 2 atom stereocenters. The molecule has 2 aliphatic heterocycles. The molecule has 26 heavy (non-hydrogen) atoms. The first-order chi connectivity index (χ1) is 12.6. The van der Waals surface area contributed by atoms with Gasteiger partial charge in [-0.05, 0) is 24.6 Å². The first-order valence-corrected chi connectivity index (χ1v) is 8.67. The second kappa shape index (κ2) is 6.71. The van der Waals surface area contributed by atoms with Crippen molar-refractivity contribution < 1.29 is 19.1 Å². The number of nitrogens with one attached hydrogen (secondary N) is 1. The van der Waals surface area contributed by atoms with Gasteiger partial charge in [-0.2, -0.15) is 0 Å². The highest BCUT2D eigenvalue weighted by atomic mass is 16.7. The predicted octanol–water partition coefficient (Wildman–Crippen LogP) is 2.96. The van der Waals surface area contributed by atoms with Gasteiger partial charge in [-0.1, -0.05) is 30.3 Å². The molecule has 2 unspecified atom stereocenters. The van der Waals surface area contributed by atoms with Crippen molar-refractivity contribution in [3.05, 3.63) is 54.1 Å². The van der Waals surface area contributed by atoms with Gasteiger partial charge in [0, 0.05) is 24.7 Å². The van der Waals surface area contributed by atoms with E-state index in [2.05, 4.69) is 5.32 Å². The molecule has 134 valence electrons. The van der Waals surface area contributed by atoms with Crippen molar-refractivity contribution in [1.29, 1.82) is 0 Å². The van der Waals surface area contributed by atoms with Gasteiger partial charge >= 0.3 is 0 Å². The molecule has 6 nitrogen and oxygen atoms in total. The van der Waals surface area contributed by atoms with Crippen LogP contribution in [0.4, 0.5) is 5.69 Å². The minimum atomic E-state index is -0.362. The molecule has 0 saturated carbocycles. The van der Waals surface area contributed by atoms with Crippen molar-refractivity contribution in [3.8, 4) is 11.5 Å². The maximum absolute atomic E-state index is 12.6. The molecular weight excluding hydrogens is 332 g/mol. The lowest BCUT2D eigenvalue weighted by Gasteiger charge is -2.25. The zero-order valence-electron chi connectivity index (χ0n) is 14.5. The van der Waals surface area contributed by atoms with Gasteiger partial charge in [-0.15, -0.1) is 0 Å². The van der Waals surface area contributed by atoms with Crippen molar-refractivity contribution in [1.82, 2.24) is 4.90 Å². The van der Waals surface area contributed by atoms with E-state index < -0.39 is 0 Å². The minimum Gasteiger partial charge on any atom is -0.454 e. The first kappa shape index (κ1) is 16.4. The van der Waals surface area contributed by atoms with Crippen LogP contribution in [0.15, 0.2) is 48.5 Å². The largest absolute Gasteiger partial charge is 0.454 e. The van der Waals surface area contributed by atoms with E-state index in [0.717, 1.165) is 5.56 Å². The van der Waals surface area contributed by atoms with Crippen LogP contribution in [0.5, 0.6) is 11.5 Å². The van der Waals surface area contributed by atoms with Crippen molar-refractivity contribution in [3.63, 3.8) is 0 Å². The lowest BCUT2D eigenvalue weighted by molar-refractivity contribution is -0.129. The zero-order chi connectivity index (χ0) is 18.1. The molecule has 1 saturated heterocycles. The predicted molar refractivity (Wildman–Crippen MR) is 95.9 cm³/mol. The van der Waals surface area contributed by atoms with Crippen LogP contribution in [0.1, 0.15) is 24.9 Å². The summed E-state index contributed by atoms with van der Waals surface area (Å²) in [5, 5.41) is 2.88. The molecule has 0 spiro atoms. The number of hydrogen-bond donors (Lipinski definition) is 1. The fourth-order valence-electron chi connectivity index (χ4n) is 3.41. The summed E-state index contributed by atoms with van der Waals surface area (Å²) in [5.74, 6) is 0.776. The summed E-state index contributed by atoms with van der Waals surface area (Å²) in [6, 6.07) is 15.1. The first-order valence-electron chi connectivity index (χ1n) is 8.67. The molecule has 1 N–H and O–H groups in total. The average molecular weight is 352 g/mol. The lowest BCUT2D eigenvalue weighted by Crippen LogP contribution is -2.30. The standard InChI is InChI=1S/C20H20N2O4/c1-13(14-5-3-2-4-6-14)22-11-15(9-19(22)23)20(24)21-16-7-8-17-18(10-16)26-12-25-17/h2-8,10,13,15H,9,11-12H2,1H3,(H,21,24). The van der Waals surface area contributed by atoms with E-state index in [0.29, 0.717) is 23.7 Å². The second-order valence-corrected chi connectivity index (χ2v) is 6.59. The van der Waals surface area contributed by atoms with E-state index >= 15 is 0 Å². The molecule has 6 heteroatoms. The highest BCUT2D eigenvalue weighted by Gasteiger charge is 2.37. The van der Waals surface area contributed by atoms with E-state index in [1.165, 1.54) is 0 Å². The molecule has 2 aliphatic rings. The molecule has 0 bridgehead atoms. The highest BCUT2D eigenvalue weighted by molar-refractivity contribution is 5.97. The third-order valence-corrected chi connectivity index (χ3v) is 4.92. The van der Waals surface area contributed by atoms with Gasteiger partial charge in [0.1, 0.15) is 0 Å². The summed E-state index contributed by atoms with van der Waals surface area (Å²) in [7, 11) is 0. The van der Waals surface area contributed by atoms with Crippen molar-refractivity contribution in [2.75, 3.05) is 18.7 Å². The Morgan fingerprint density at radius 3 is 2.73 bits per heavy atom. The third kappa shape index (κ3) is 3.10. The number of amides is 2. The molecule has 0 aromatic heterocycles. The molecule has 0 radical (unpaired) electrons. The summed E-state index contributed by atoms with van der Waals surface area (Å²) in [5.41, 5.74) is 1.71. The molecule has 2 amide bonds. The SMILES string of the molecule is CC(c1ccccc1)N1CC(C(=O)Nc2ccc3c(c2)OCO3)CC1=O. The number of ether oxygens (including phenoxy) is 2. The van der Waals surface area contributed by atoms with E-state index in [9.17, 15) is 9.59 Å². The zero-order valence-corrected chi connectivity index (χ0v) is 14.5. The van der Waals surface area contributed by atoms with Crippen molar-refractivity contribution in [2.24, 2.45) is 5.92 Å². The second-order valence-electron chi connectivity index (χ2n) is 6.59. The Morgan fingerprint density at radius 1 is 1.15 bits per heavy atom. The molecular formula is C20H20N2O4. The Balaban J connectivity index is 1.42. The fourth-order valence-corrected chi connectivity index (χ4v) is 3.41. The van der Waals surface area contributed by atoms with Crippen LogP contribution in [0.3, 0.4) is 0 Å². The number of anilines is 1. The summed E-state index contributed by atoms with van der Waals surface area (Å²) in [4.78, 5) is 26.8. The van der Waals surface area contributed by atoms with Crippen LogP contribution in [0.2, 0.25) is 0 Å². The smallest absolute Gasteiger partial charge is 0.231 e. The van der Waals surface area contributed by atoms with Crippen molar-refractivity contribution in [2.45, 2.75) is 19.4 Å². The Bertz CT molecular complexity index is 837. The highest BCUT2D eigenvalue weighted by Crippen LogP contribution is 2.35. The van der Waals surface area contributed by atoms with E-state index in [1.54, 1.807) is 23.1 Å². The van der Waals surface area contributed by atoms with E-state index in [1.807, 2.05) is 37.3 Å². The quantitative estimate of drug-likeness (QED) is 0.919. The van der Waals surface area contributed by atoms with Crippen LogP contribution in [0, 0.1) is 5.92 Å². The fraction of sp³-hybridized carbons (Fsp3) is 0.300. The molecule has 2 aromatic rings. The number of hydrogen-bond acceptors (Lipinski definition) is 4. The van der Waals surface area contributed by atoms with Crippen LogP contribution in [0.25, 0.3) is 0 Å². The topological polar surface area (TPSA) is 67.9 Å². The van der Waals surface area contributed by atoms with E-state index in [-0.39, 0.29) is 37.0 Å². The molecule has 1 fully saturated rings. The Kier molecular flexibility index (Phi) is 4.24. The normalized spacial score (nSPS) is 19.5. The molecule has 0 aliphatic carbocycles. The van der Waals surface area contributed by atoms with Gasteiger partial charge in [-0.3, -0.25) is 9.59 Å². The van der Waals surface area contributed by atoms with Crippen LogP contribution in [-0.2, 0) is 9.59 Å². The average Bonchev–Trinajstić information content (AvgIpc) is 3.28. The van der Waals surface area contributed by atoms with E-state index in [4.69, 9.17) is 9.47 Å². The Morgan fingerprint density at radius 2 is 1.92 bits per heavy atom. The molecule has 2 aromatic carbocycles. The van der Waals surface area contributed by atoms with Gasteiger partial charge in [0.15, 0.2) is 11.5 Å².